The van der Waals surface area contributed by atoms with Crippen LogP contribution in [-0.4, -0.2) is 24.5 Å². The molecule has 21 heavy (non-hydrogen) atoms. The van der Waals surface area contributed by atoms with E-state index in [2.05, 4.69) is 28.4 Å². The minimum Gasteiger partial charge on any atom is -0.384 e. The Labute approximate surface area is 128 Å². The lowest BCUT2D eigenvalue weighted by atomic mass is 9.68. The Morgan fingerprint density at radius 2 is 1.81 bits per heavy atom. The molecule has 1 saturated carbocycles. The summed E-state index contributed by atoms with van der Waals surface area (Å²) in [6, 6.07) is 6.85. The van der Waals surface area contributed by atoms with E-state index in [0.29, 0.717) is 0 Å². The lowest BCUT2D eigenvalue weighted by Crippen LogP contribution is -2.40. The van der Waals surface area contributed by atoms with Crippen LogP contribution in [0.25, 0.3) is 0 Å². The van der Waals surface area contributed by atoms with Crippen LogP contribution in [0.5, 0.6) is 0 Å². The summed E-state index contributed by atoms with van der Waals surface area (Å²) in [5.74, 6) is 0. The van der Waals surface area contributed by atoms with Crippen molar-refractivity contribution in [3.05, 3.63) is 29.3 Å². The molecule has 2 nitrogen and oxygen atoms in total. The molecule has 114 valence electrons. The number of hydrogen-bond donors (Lipinski definition) is 1. The summed E-state index contributed by atoms with van der Waals surface area (Å²) in [5, 5.41) is 3.59. The summed E-state index contributed by atoms with van der Waals surface area (Å²) in [6.07, 6.45) is 11.5. The zero-order valence-electron chi connectivity index (χ0n) is 13.2. The molecular formula is C19H28N2. The lowest BCUT2D eigenvalue weighted by molar-refractivity contribution is 0.0642. The standard InChI is InChI=1S/C19H28N2/c1-2-8-19(9-3-1)10-13-21(14-11-19)15-17-6-4-5-16-7-12-20-18(16)17/h4-6,20H,1-3,7-15H2. The van der Waals surface area contributed by atoms with Crippen molar-refractivity contribution in [2.24, 2.45) is 5.41 Å². The summed E-state index contributed by atoms with van der Waals surface area (Å²) < 4.78 is 0. The molecule has 0 bridgehead atoms. The number of anilines is 1. The van der Waals surface area contributed by atoms with Gasteiger partial charge >= 0.3 is 0 Å². The zero-order valence-corrected chi connectivity index (χ0v) is 13.2. The first-order chi connectivity index (χ1) is 10.3. The van der Waals surface area contributed by atoms with Crippen LogP contribution in [0.2, 0.25) is 0 Å². The Morgan fingerprint density at radius 3 is 2.62 bits per heavy atom. The molecule has 2 heterocycles. The van der Waals surface area contributed by atoms with E-state index in [1.807, 2.05) is 0 Å². The average Bonchev–Trinajstić information content (AvgIpc) is 3.00. The highest BCUT2D eigenvalue weighted by Crippen LogP contribution is 2.44. The smallest absolute Gasteiger partial charge is 0.0419 e. The van der Waals surface area contributed by atoms with Gasteiger partial charge in [0.1, 0.15) is 0 Å². The number of likely N-dealkylation sites (tertiary alicyclic amines) is 1. The van der Waals surface area contributed by atoms with Gasteiger partial charge in [0.15, 0.2) is 0 Å². The third kappa shape index (κ3) is 2.70. The van der Waals surface area contributed by atoms with Crippen LogP contribution in [0.4, 0.5) is 5.69 Å². The maximum absolute atomic E-state index is 3.59. The molecule has 1 aromatic rings. The Morgan fingerprint density at radius 1 is 1.00 bits per heavy atom. The van der Waals surface area contributed by atoms with E-state index < -0.39 is 0 Å². The summed E-state index contributed by atoms with van der Waals surface area (Å²) in [7, 11) is 0. The number of benzene rings is 1. The first kappa shape index (κ1) is 13.6. The van der Waals surface area contributed by atoms with E-state index in [0.717, 1.165) is 18.5 Å². The predicted octanol–water partition coefficient (Wildman–Crippen LogP) is 4.20. The number of hydrogen-bond acceptors (Lipinski definition) is 2. The van der Waals surface area contributed by atoms with Crippen molar-refractivity contribution in [1.82, 2.24) is 4.90 Å². The highest BCUT2D eigenvalue weighted by atomic mass is 15.1. The van der Waals surface area contributed by atoms with E-state index in [1.165, 1.54) is 81.3 Å². The van der Waals surface area contributed by atoms with Crippen LogP contribution < -0.4 is 5.32 Å². The third-order valence-electron chi connectivity index (χ3n) is 6.16. The summed E-state index contributed by atoms with van der Waals surface area (Å²) in [5.41, 5.74) is 5.21. The van der Waals surface area contributed by atoms with Crippen LogP contribution in [-0.2, 0) is 13.0 Å². The summed E-state index contributed by atoms with van der Waals surface area (Å²) in [4.78, 5) is 2.69. The number of nitrogens with zero attached hydrogens (tertiary/aromatic N) is 1. The van der Waals surface area contributed by atoms with Gasteiger partial charge in [0.05, 0.1) is 0 Å². The first-order valence-electron chi connectivity index (χ1n) is 8.92. The zero-order chi connectivity index (χ0) is 14.1. The molecule has 1 aliphatic carbocycles. The van der Waals surface area contributed by atoms with Gasteiger partial charge in [-0.25, -0.2) is 0 Å². The van der Waals surface area contributed by atoms with Gasteiger partial charge in [-0.15, -0.1) is 0 Å². The van der Waals surface area contributed by atoms with Gasteiger partial charge in [-0.1, -0.05) is 37.5 Å². The minimum absolute atomic E-state index is 0.728. The molecule has 0 aromatic heterocycles. The van der Waals surface area contributed by atoms with Gasteiger partial charge in [0.25, 0.3) is 0 Å². The molecule has 1 saturated heterocycles. The van der Waals surface area contributed by atoms with Crippen LogP contribution in [0, 0.1) is 5.41 Å². The van der Waals surface area contributed by atoms with Crippen LogP contribution in [0.3, 0.4) is 0 Å². The van der Waals surface area contributed by atoms with Crippen molar-refractivity contribution in [1.29, 1.82) is 0 Å². The molecule has 0 unspecified atom stereocenters. The van der Waals surface area contributed by atoms with Crippen LogP contribution >= 0.6 is 0 Å². The molecule has 3 aliphatic rings. The second-order valence-electron chi connectivity index (χ2n) is 7.46. The molecule has 4 rings (SSSR count). The fraction of sp³-hybridized carbons (Fsp3) is 0.684. The second-order valence-corrected chi connectivity index (χ2v) is 7.46. The molecule has 2 fully saturated rings. The Balaban J connectivity index is 1.40. The van der Waals surface area contributed by atoms with Crippen molar-refractivity contribution < 1.29 is 0 Å². The molecule has 2 heteroatoms. The van der Waals surface area contributed by atoms with Gasteiger partial charge in [0.2, 0.25) is 0 Å². The van der Waals surface area contributed by atoms with Crippen molar-refractivity contribution in [2.75, 3.05) is 25.0 Å². The maximum atomic E-state index is 3.59. The lowest BCUT2D eigenvalue weighted by Gasteiger charge is -2.44. The Hall–Kier alpha value is -1.02. The molecule has 0 amide bonds. The van der Waals surface area contributed by atoms with Gasteiger partial charge < -0.3 is 5.32 Å². The number of nitrogens with one attached hydrogen (secondary N) is 1. The number of rotatable bonds is 2. The SMILES string of the molecule is c1cc2c(c(CN3CCC4(CCCCC4)CC3)c1)NCC2. The topological polar surface area (TPSA) is 15.3 Å². The quantitative estimate of drug-likeness (QED) is 0.875. The van der Waals surface area contributed by atoms with Crippen molar-refractivity contribution in [2.45, 2.75) is 57.9 Å². The average molecular weight is 284 g/mol. The molecular weight excluding hydrogens is 256 g/mol. The fourth-order valence-corrected chi connectivity index (χ4v) is 4.77. The van der Waals surface area contributed by atoms with Crippen molar-refractivity contribution in [3.8, 4) is 0 Å². The molecule has 2 aliphatic heterocycles. The first-order valence-corrected chi connectivity index (χ1v) is 8.92. The molecule has 1 N–H and O–H groups in total. The van der Waals surface area contributed by atoms with Crippen LogP contribution in [0.15, 0.2) is 18.2 Å². The van der Waals surface area contributed by atoms with E-state index >= 15 is 0 Å². The highest BCUT2D eigenvalue weighted by Gasteiger charge is 2.35. The van der Waals surface area contributed by atoms with E-state index in [4.69, 9.17) is 0 Å². The number of piperidine rings is 1. The van der Waals surface area contributed by atoms with E-state index in [-0.39, 0.29) is 0 Å². The normalized spacial score (nSPS) is 24.8. The van der Waals surface area contributed by atoms with Crippen molar-refractivity contribution >= 4 is 5.69 Å². The third-order valence-corrected chi connectivity index (χ3v) is 6.16. The molecule has 0 radical (unpaired) electrons. The van der Waals surface area contributed by atoms with E-state index in [1.54, 1.807) is 0 Å². The molecule has 0 atom stereocenters. The van der Waals surface area contributed by atoms with Crippen LogP contribution in [0.1, 0.15) is 56.1 Å². The predicted molar refractivity (Wildman–Crippen MR) is 88.7 cm³/mol. The van der Waals surface area contributed by atoms with Gasteiger partial charge in [-0.05, 0) is 61.7 Å². The van der Waals surface area contributed by atoms with Gasteiger partial charge in [0, 0.05) is 18.8 Å². The fourth-order valence-electron chi connectivity index (χ4n) is 4.77. The van der Waals surface area contributed by atoms with Gasteiger partial charge in [-0.3, -0.25) is 4.90 Å². The Kier molecular flexibility index (Phi) is 3.66. The highest BCUT2D eigenvalue weighted by molar-refractivity contribution is 5.61. The van der Waals surface area contributed by atoms with Crippen molar-refractivity contribution in [3.63, 3.8) is 0 Å². The minimum atomic E-state index is 0.728. The second kappa shape index (κ2) is 5.64. The monoisotopic (exact) mass is 284 g/mol. The molecule has 1 aromatic carbocycles. The number of fused-ring (bicyclic) bond motifs is 1. The summed E-state index contributed by atoms with van der Waals surface area (Å²) in [6.45, 7) is 4.88. The Bertz CT molecular complexity index is 492. The number of para-hydroxylation sites is 1. The summed E-state index contributed by atoms with van der Waals surface area (Å²) >= 11 is 0. The maximum Gasteiger partial charge on any atom is 0.0419 e. The largest absolute Gasteiger partial charge is 0.384 e. The van der Waals surface area contributed by atoms with Gasteiger partial charge in [-0.2, -0.15) is 0 Å². The van der Waals surface area contributed by atoms with E-state index in [9.17, 15) is 0 Å². The molecule has 1 spiro atoms.